The van der Waals surface area contributed by atoms with Crippen LogP contribution in [-0.4, -0.2) is 0 Å². The summed E-state index contributed by atoms with van der Waals surface area (Å²) < 4.78 is 25.6. The molecule has 5 heteroatoms. The molecule has 0 aliphatic heterocycles. The molecule has 1 aromatic heterocycles. The zero-order chi connectivity index (χ0) is 8.48. The lowest BCUT2D eigenvalue weighted by atomic mass is 10.3. The van der Waals surface area contributed by atoms with Crippen LogP contribution in [-0.2, 0) is 5.92 Å². The van der Waals surface area contributed by atoms with Crippen LogP contribution in [0.2, 0.25) is 0 Å². The van der Waals surface area contributed by atoms with Gasteiger partial charge in [0.1, 0.15) is 6.07 Å². The molecule has 1 aromatic rings. The first kappa shape index (κ1) is 8.62. The number of halogens is 3. The normalized spacial score (nSPS) is 11.1. The van der Waals surface area contributed by atoms with Crippen LogP contribution in [0.5, 0.6) is 0 Å². The number of hydrogen-bond donors (Lipinski definition) is 0. The van der Waals surface area contributed by atoms with Crippen molar-refractivity contribution in [1.82, 2.24) is 0 Å². The molecule has 1 rings (SSSR count). The third-order valence-corrected chi connectivity index (χ3v) is 2.78. The van der Waals surface area contributed by atoms with Gasteiger partial charge in [0.15, 0.2) is 0 Å². The van der Waals surface area contributed by atoms with Crippen molar-refractivity contribution in [2.24, 2.45) is 0 Å². The standard InChI is InChI=1S/C6H2BrF2NS/c7-4-1-5(11-2-4)6(8,9)3-10/h1-2H. The third kappa shape index (κ3) is 1.76. The topological polar surface area (TPSA) is 23.8 Å². The summed E-state index contributed by atoms with van der Waals surface area (Å²) in [4.78, 5) is -0.230. The van der Waals surface area contributed by atoms with E-state index in [0.29, 0.717) is 4.47 Å². The molecule has 0 amide bonds. The van der Waals surface area contributed by atoms with Crippen molar-refractivity contribution in [2.75, 3.05) is 0 Å². The van der Waals surface area contributed by atoms with E-state index in [1.54, 1.807) is 0 Å². The molecule has 0 fully saturated rings. The van der Waals surface area contributed by atoms with Crippen molar-refractivity contribution >= 4 is 27.3 Å². The van der Waals surface area contributed by atoms with Crippen LogP contribution in [0.3, 0.4) is 0 Å². The number of hydrogen-bond acceptors (Lipinski definition) is 2. The van der Waals surface area contributed by atoms with Crippen LogP contribution in [0.25, 0.3) is 0 Å². The van der Waals surface area contributed by atoms with Gasteiger partial charge in [-0.15, -0.1) is 11.3 Å². The Hall–Kier alpha value is -0.470. The predicted molar refractivity (Wildman–Crippen MR) is 41.5 cm³/mol. The molecule has 1 nitrogen and oxygen atoms in total. The maximum Gasteiger partial charge on any atom is 0.366 e. The molecule has 0 saturated carbocycles. The van der Waals surface area contributed by atoms with Gasteiger partial charge in [0, 0.05) is 9.85 Å². The average molecular weight is 238 g/mol. The van der Waals surface area contributed by atoms with Gasteiger partial charge in [-0.3, -0.25) is 0 Å². The Bertz CT molecular complexity index is 302. The van der Waals surface area contributed by atoms with Gasteiger partial charge < -0.3 is 0 Å². The lowest BCUT2D eigenvalue weighted by molar-refractivity contribution is 0.0654. The lowest BCUT2D eigenvalue weighted by Gasteiger charge is -2.01. The Balaban J connectivity index is 3.04. The third-order valence-electron chi connectivity index (χ3n) is 1.02. The van der Waals surface area contributed by atoms with Gasteiger partial charge in [0.05, 0.1) is 4.88 Å². The highest BCUT2D eigenvalue weighted by Crippen LogP contribution is 2.33. The van der Waals surface area contributed by atoms with Crippen LogP contribution in [0.15, 0.2) is 15.9 Å². The Labute approximate surface area is 74.4 Å². The Morgan fingerprint density at radius 2 is 2.27 bits per heavy atom. The van der Waals surface area contributed by atoms with Crippen molar-refractivity contribution in [3.8, 4) is 6.07 Å². The number of alkyl halides is 2. The molecule has 0 radical (unpaired) electrons. The van der Waals surface area contributed by atoms with Gasteiger partial charge in [-0.05, 0) is 22.0 Å². The largest absolute Gasteiger partial charge is 0.366 e. The van der Waals surface area contributed by atoms with Gasteiger partial charge in [-0.1, -0.05) is 0 Å². The molecule has 0 aliphatic rings. The van der Waals surface area contributed by atoms with E-state index in [1.165, 1.54) is 11.4 Å². The summed E-state index contributed by atoms with van der Waals surface area (Å²) in [5.41, 5.74) is 0. The summed E-state index contributed by atoms with van der Waals surface area (Å²) >= 11 is 3.88. The van der Waals surface area contributed by atoms with Crippen molar-refractivity contribution in [3.05, 3.63) is 20.8 Å². The predicted octanol–water partition coefficient (Wildman–Crippen LogP) is 3.13. The van der Waals surface area contributed by atoms with Gasteiger partial charge in [0.2, 0.25) is 0 Å². The first-order chi connectivity index (χ1) is 5.06. The minimum absolute atomic E-state index is 0.230. The van der Waals surface area contributed by atoms with Gasteiger partial charge in [0.25, 0.3) is 0 Å². The zero-order valence-electron chi connectivity index (χ0n) is 5.14. The number of rotatable bonds is 1. The molecule has 58 valence electrons. The van der Waals surface area contributed by atoms with E-state index < -0.39 is 5.92 Å². The lowest BCUT2D eigenvalue weighted by Crippen LogP contribution is -2.06. The Kier molecular flexibility index (Phi) is 2.25. The molecule has 0 saturated heterocycles. The Morgan fingerprint density at radius 3 is 2.64 bits per heavy atom. The molecular weight excluding hydrogens is 236 g/mol. The molecular formula is C6H2BrF2NS. The second kappa shape index (κ2) is 2.88. The summed E-state index contributed by atoms with van der Waals surface area (Å²) in [6, 6.07) is 2.17. The monoisotopic (exact) mass is 237 g/mol. The summed E-state index contributed by atoms with van der Waals surface area (Å²) in [6.07, 6.45) is 0. The molecule has 0 atom stereocenters. The fourth-order valence-electron chi connectivity index (χ4n) is 0.533. The summed E-state index contributed by atoms with van der Waals surface area (Å²) in [5, 5.41) is 9.56. The highest BCUT2D eigenvalue weighted by atomic mass is 79.9. The molecule has 0 unspecified atom stereocenters. The Morgan fingerprint density at radius 1 is 1.64 bits per heavy atom. The van der Waals surface area contributed by atoms with Crippen molar-refractivity contribution in [1.29, 1.82) is 5.26 Å². The van der Waals surface area contributed by atoms with Gasteiger partial charge in [-0.25, -0.2) is 0 Å². The van der Waals surface area contributed by atoms with E-state index in [1.807, 2.05) is 0 Å². The number of nitriles is 1. The SMILES string of the molecule is N#CC(F)(F)c1cc(Br)cs1. The first-order valence-corrected chi connectivity index (χ1v) is 4.27. The highest BCUT2D eigenvalue weighted by molar-refractivity contribution is 9.10. The summed E-state index contributed by atoms with van der Waals surface area (Å²) in [6.45, 7) is 0. The quantitative estimate of drug-likeness (QED) is 0.737. The van der Waals surface area contributed by atoms with Crippen LogP contribution < -0.4 is 0 Å². The fourth-order valence-corrected chi connectivity index (χ4v) is 1.89. The van der Waals surface area contributed by atoms with Crippen LogP contribution in [0, 0.1) is 11.3 Å². The van der Waals surface area contributed by atoms with E-state index >= 15 is 0 Å². The van der Waals surface area contributed by atoms with Crippen LogP contribution in [0.4, 0.5) is 8.78 Å². The van der Waals surface area contributed by atoms with E-state index in [0.717, 1.165) is 17.4 Å². The van der Waals surface area contributed by atoms with E-state index in [2.05, 4.69) is 15.9 Å². The fraction of sp³-hybridized carbons (Fsp3) is 0.167. The zero-order valence-corrected chi connectivity index (χ0v) is 7.55. The van der Waals surface area contributed by atoms with Crippen LogP contribution >= 0.6 is 27.3 Å². The van der Waals surface area contributed by atoms with E-state index in [9.17, 15) is 8.78 Å². The number of nitrogens with zero attached hydrogens (tertiary/aromatic N) is 1. The smallest absolute Gasteiger partial charge is 0.191 e. The molecule has 1 heterocycles. The maximum absolute atomic E-state index is 12.5. The van der Waals surface area contributed by atoms with Crippen LogP contribution in [0.1, 0.15) is 4.88 Å². The molecule has 0 spiro atoms. The second-order valence-electron chi connectivity index (χ2n) is 1.82. The van der Waals surface area contributed by atoms with Crippen molar-refractivity contribution in [3.63, 3.8) is 0 Å². The second-order valence-corrected chi connectivity index (χ2v) is 3.64. The molecule has 0 aromatic carbocycles. The summed E-state index contributed by atoms with van der Waals surface area (Å²) in [5.74, 6) is -3.35. The summed E-state index contributed by atoms with van der Waals surface area (Å²) in [7, 11) is 0. The van der Waals surface area contributed by atoms with Crippen molar-refractivity contribution in [2.45, 2.75) is 5.92 Å². The highest BCUT2D eigenvalue weighted by Gasteiger charge is 2.32. The van der Waals surface area contributed by atoms with Gasteiger partial charge >= 0.3 is 5.92 Å². The van der Waals surface area contributed by atoms with Gasteiger partial charge in [-0.2, -0.15) is 14.0 Å². The molecule has 0 aliphatic carbocycles. The number of thiophene rings is 1. The molecule has 0 N–H and O–H groups in total. The van der Waals surface area contributed by atoms with E-state index in [-0.39, 0.29) is 4.88 Å². The minimum atomic E-state index is -3.35. The first-order valence-electron chi connectivity index (χ1n) is 2.60. The molecule has 0 bridgehead atoms. The van der Waals surface area contributed by atoms with E-state index in [4.69, 9.17) is 5.26 Å². The molecule has 11 heavy (non-hydrogen) atoms. The minimum Gasteiger partial charge on any atom is -0.191 e. The van der Waals surface area contributed by atoms with Crippen molar-refractivity contribution < 1.29 is 8.78 Å². The maximum atomic E-state index is 12.5. The average Bonchev–Trinajstić information content (AvgIpc) is 2.36.